The van der Waals surface area contributed by atoms with Gasteiger partial charge in [0.25, 0.3) is 0 Å². The van der Waals surface area contributed by atoms with Gasteiger partial charge in [-0.15, -0.1) is 0 Å². The molecule has 2 N–H and O–H groups in total. The molecule has 1 aromatic carbocycles. The Kier molecular flexibility index (Phi) is 5.69. The molecule has 0 bridgehead atoms. The van der Waals surface area contributed by atoms with Crippen LogP contribution in [0.3, 0.4) is 0 Å². The number of hydrogen-bond acceptors (Lipinski definition) is 3. The SMILES string of the molecule is O=C(NN1CCCCC1)[C@H]1CCCN(C(=O)Nc2ccccc2)C1. The summed E-state index contributed by atoms with van der Waals surface area (Å²) in [6.45, 7) is 3.04. The van der Waals surface area contributed by atoms with Gasteiger partial charge >= 0.3 is 6.03 Å². The lowest BCUT2D eigenvalue weighted by Crippen LogP contribution is -2.51. The highest BCUT2D eigenvalue weighted by molar-refractivity contribution is 5.90. The fraction of sp³-hybridized carbons (Fsp3) is 0.556. The molecule has 2 heterocycles. The third-order valence-corrected chi connectivity index (χ3v) is 4.73. The van der Waals surface area contributed by atoms with E-state index in [1.165, 1.54) is 6.42 Å². The molecule has 24 heavy (non-hydrogen) atoms. The Hall–Kier alpha value is -2.08. The van der Waals surface area contributed by atoms with E-state index in [1.54, 1.807) is 4.90 Å². The number of hydrazine groups is 1. The van der Waals surface area contributed by atoms with Crippen LogP contribution in [-0.2, 0) is 4.79 Å². The van der Waals surface area contributed by atoms with Crippen molar-refractivity contribution in [1.29, 1.82) is 0 Å². The molecule has 0 aromatic heterocycles. The number of nitrogens with zero attached hydrogens (tertiary/aromatic N) is 2. The molecule has 6 nitrogen and oxygen atoms in total. The summed E-state index contributed by atoms with van der Waals surface area (Å²) >= 11 is 0. The Morgan fingerprint density at radius 3 is 2.46 bits per heavy atom. The van der Waals surface area contributed by atoms with Crippen LogP contribution < -0.4 is 10.7 Å². The lowest BCUT2D eigenvalue weighted by Gasteiger charge is -2.34. The summed E-state index contributed by atoms with van der Waals surface area (Å²) in [4.78, 5) is 26.6. The molecule has 2 aliphatic rings. The molecule has 2 fully saturated rings. The number of hydrogen-bond donors (Lipinski definition) is 2. The molecule has 130 valence electrons. The lowest BCUT2D eigenvalue weighted by atomic mass is 9.97. The van der Waals surface area contributed by atoms with Crippen LogP contribution >= 0.6 is 0 Å². The Balaban J connectivity index is 1.51. The van der Waals surface area contributed by atoms with E-state index >= 15 is 0 Å². The number of nitrogens with one attached hydrogen (secondary N) is 2. The van der Waals surface area contributed by atoms with Gasteiger partial charge in [0, 0.05) is 31.9 Å². The van der Waals surface area contributed by atoms with Crippen molar-refractivity contribution in [1.82, 2.24) is 15.3 Å². The molecule has 2 aliphatic heterocycles. The molecule has 0 unspecified atom stereocenters. The van der Waals surface area contributed by atoms with Crippen molar-refractivity contribution in [3.8, 4) is 0 Å². The number of para-hydroxylation sites is 1. The normalized spacial score (nSPS) is 22.0. The van der Waals surface area contributed by atoms with E-state index < -0.39 is 0 Å². The first-order valence-corrected chi connectivity index (χ1v) is 8.89. The summed E-state index contributed by atoms with van der Waals surface area (Å²) < 4.78 is 0. The van der Waals surface area contributed by atoms with Crippen molar-refractivity contribution in [3.63, 3.8) is 0 Å². The number of benzene rings is 1. The molecule has 2 saturated heterocycles. The van der Waals surface area contributed by atoms with Crippen LogP contribution in [0.2, 0.25) is 0 Å². The van der Waals surface area contributed by atoms with Gasteiger partial charge in [-0.3, -0.25) is 10.2 Å². The molecule has 0 saturated carbocycles. The van der Waals surface area contributed by atoms with E-state index in [0.29, 0.717) is 13.1 Å². The zero-order valence-electron chi connectivity index (χ0n) is 14.0. The van der Waals surface area contributed by atoms with E-state index in [9.17, 15) is 9.59 Å². The molecule has 0 aliphatic carbocycles. The average Bonchev–Trinajstić information content (AvgIpc) is 2.63. The second-order valence-corrected chi connectivity index (χ2v) is 6.61. The molecular weight excluding hydrogens is 304 g/mol. The molecule has 3 amide bonds. The molecule has 1 aromatic rings. The van der Waals surface area contributed by atoms with Crippen molar-refractivity contribution >= 4 is 17.6 Å². The largest absolute Gasteiger partial charge is 0.324 e. The topological polar surface area (TPSA) is 64.7 Å². The number of carbonyl (C=O) groups excluding carboxylic acids is 2. The van der Waals surface area contributed by atoms with Crippen molar-refractivity contribution < 1.29 is 9.59 Å². The van der Waals surface area contributed by atoms with Gasteiger partial charge in [0.05, 0.1) is 5.92 Å². The number of anilines is 1. The van der Waals surface area contributed by atoms with Crippen molar-refractivity contribution in [2.24, 2.45) is 5.92 Å². The molecule has 0 radical (unpaired) electrons. The number of amides is 3. The lowest BCUT2D eigenvalue weighted by molar-refractivity contribution is -0.131. The Labute approximate surface area is 143 Å². The summed E-state index contributed by atoms with van der Waals surface area (Å²) in [5.74, 6) is -0.0729. The maximum Gasteiger partial charge on any atom is 0.321 e. The van der Waals surface area contributed by atoms with E-state index in [-0.39, 0.29) is 17.9 Å². The van der Waals surface area contributed by atoms with Crippen LogP contribution in [0, 0.1) is 5.92 Å². The van der Waals surface area contributed by atoms with Gasteiger partial charge < -0.3 is 10.2 Å². The molecule has 6 heteroatoms. The van der Waals surface area contributed by atoms with Gasteiger partial charge in [-0.05, 0) is 37.8 Å². The first-order valence-electron chi connectivity index (χ1n) is 8.89. The van der Waals surface area contributed by atoms with Crippen LogP contribution in [0.15, 0.2) is 30.3 Å². The third-order valence-electron chi connectivity index (χ3n) is 4.73. The highest BCUT2D eigenvalue weighted by atomic mass is 16.2. The van der Waals surface area contributed by atoms with Gasteiger partial charge in [-0.1, -0.05) is 24.6 Å². The minimum atomic E-state index is -0.128. The van der Waals surface area contributed by atoms with Crippen LogP contribution in [0.4, 0.5) is 10.5 Å². The minimum absolute atomic E-state index is 0.0501. The second kappa shape index (κ2) is 8.15. The fourth-order valence-corrected chi connectivity index (χ4v) is 3.35. The van der Waals surface area contributed by atoms with E-state index in [1.807, 2.05) is 35.3 Å². The summed E-state index contributed by atoms with van der Waals surface area (Å²) in [6, 6.07) is 9.29. The minimum Gasteiger partial charge on any atom is -0.324 e. The maximum absolute atomic E-state index is 12.5. The summed E-state index contributed by atoms with van der Waals surface area (Å²) in [7, 11) is 0. The van der Waals surface area contributed by atoms with Crippen LogP contribution in [0.1, 0.15) is 32.1 Å². The first-order chi connectivity index (χ1) is 11.7. The monoisotopic (exact) mass is 330 g/mol. The van der Waals surface area contributed by atoms with E-state index in [2.05, 4.69) is 10.7 Å². The Morgan fingerprint density at radius 2 is 1.71 bits per heavy atom. The summed E-state index contributed by atoms with van der Waals surface area (Å²) in [6.07, 6.45) is 5.21. The van der Waals surface area contributed by atoms with Crippen molar-refractivity contribution in [2.75, 3.05) is 31.5 Å². The summed E-state index contributed by atoms with van der Waals surface area (Å²) in [5, 5.41) is 4.92. The Bertz CT molecular complexity index is 557. The average molecular weight is 330 g/mol. The number of likely N-dealkylation sites (tertiary alicyclic amines) is 1. The number of carbonyl (C=O) groups is 2. The smallest absolute Gasteiger partial charge is 0.321 e. The van der Waals surface area contributed by atoms with Gasteiger partial charge in [-0.25, -0.2) is 9.80 Å². The first kappa shape index (κ1) is 16.8. The Morgan fingerprint density at radius 1 is 0.958 bits per heavy atom. The van der Waals surface area contributed by atoms with Gasteiger partial charge in [0.1, 0.15) is 0 Å². The maximum atomic E-state index is 12.5. The standard InChI is InChI=1S/C18H26N4O2/c23-17(20-22-12-5-2-6-13-22)15-8-7-11-21(14-15)18(24)19-16-9-3-1-4-10-16/h1,3-4,9-10,15H,2,5-8,11-14H2,(H,19,24)(H,20,23)/t15-/m0/s1. The highest BCUT2D eigenvalue weighted by Crippen LogP contribution is 2.18. The number of rotatable bonds is 3. The number of urea groups is 1. The molecular formula is C18H26N4O2. The van der Waals surface area contributed by atoms with E-state index in [4.69, 9.17) is 0 Å². The number of piperidine rings is 2. The zero-order chi connectivity index (χ0) is 16.8. The predicted octanol–water partition coefficient (Wildman–Crippen LogP) is 2.45. The zero-order valence-corrected chi connectivity index (χ0v) is 14.0. The van der Waals surface area contributed by atoms with Crippen molar-refractivity contribution in [2.45, 2.75) is 32.1 Å². The van der Waals surface area contributed by atoms with Crippen LogP contribution in [-0.4, -0.2) is 48.0 Å². The van der Waals surface area contributed by atoms with E-state index in [0.717, 1.165) is 44.5 Å². The highest BCUT2D eigenvalue weighted by Gasteiger charge is 2.29. The van der Waals surface area contributed by atoms with Gasteiger partial charge in [0.2, 0.25) is 5.91 Å². The molecule has 0 spiro atoms. The van der Waals surface area contributed by atoms with Gasteiger partial charge in [-0.2, -0.15) is 0 Å². The van der Waals surface area contributed by atoms with Crippen LogP contribution in [0.25, 0.3) is 0 Å². The predicted molar refractivity (Wildman–Crippen MR) is 93.3 cm³/mol. The third kappa shape index (κ3) is 4.47. The fourth-order valence-electron chi connectivity index (χ4n) is 3.35. The molecule has 3 rings (SSSR count). The molecule has 1 atom stereocenters. The van der Waals surface area contributed by atoms with Crippen LogP contribution in [0.5, 0.6) is 0 Å². The van der Waals surface area contributed by atoms with Crippen molar-refractivity contribution in [3.05, 3.63) is 30.3 Å². The summed E-state index contributed by atoms with van der Waals surface area (Å²) in [5.41, 5.74) is 3.81. The second-order valence-electron chi connectivity index (χ2n) is 6.61. The van der Waals surface area contributed by atoms with Gasteiger partial charge in [0.15, 0.2) is 0 Å². The quantitative estimate of drug-likeness (QED) is 0.895.